The Bertz CT molecular complexity index is 578. The Morgan fingerprint density at radius 2 is 1.60 bits per heavy atom. The highest BCUT2D eigenvalue weighted by Crippen LogP contribution is 2.17. The number of aliphatic carboxylic acids is 1. The van der Waals surface area contributed by atoms with E-state index in [2.05, 4.69) is 0 Å². The van der Waals surface area contributed by atoms with Crippen molar-refractivity contribution in [2.45, 2.75) is 0 Å². The first kappa shape index (κ1) is 15.2. The molecule has 1 aromatic carbocycles. The molecule has 1 aromatic rings. The molecule has 0 saturated heterocycles. The molecule has 0 aliphatic heterocycles. The van der Waals surface area contributed by atoms with Gasteiger partial charge in [0.2, 0.25) is 0 Å². The predicted molar refractivity (Wildman–Crippen MR) is 60.3 cm³/mol. The van der Waals surface area contributed by atoms with Crippen molar-refractivity contribution in [3.8, 4) is 0 Å². The van der Waals surface area contributed by atoms with E-state index in [1.165, 1.54) is 0 Å². The Balaban J connectivity index is 2.68. The summed E-state index contributed by atoms with van der Waals surface area (Å²) in [5.74, 6) is -7.19. The normalized spacial score (nSPS) is 10.3. The van der Waals surface area contributed by atoms with Crippen LogP contribution in [0.5, 0.6) is 0 Å². The number of carboxylic acids is 1. The molecule has 0 unspecified atom stereocenters. The lowest BCUT2D eigenvalue weighted by Crippen LogP contribution is -2.33. The van der Waals surface area contributed by atoms with E-state index >= 15 is 0 Å². The minimum Gasteiger partial charge on any atom is -0.478 e. The van der Waals surface area contributed by atoms with Gasteiger partial charge in [0.1, 0.15) is 0 Å². The Labute approximate surface area is 109 Å². The van der Waals surface area contributed by atoms with E-state index < -0.39 is 41.0 Å². The molecule has 20 heavy (non-hydrogen) atoms. The number of amides is 3. The number of halogens is 3. The molecule has 9 heteroatoms. The summed E-state index contributed by atoms with van der Waals surface area (Å²) in [7, 11) is 0. The molecule has 0 bridgehead atoms. The molecule has 3 N–H and O–H groups in total. The zero-order valence-corrected chi connectivity index (χ0v) is 9.62. The van der Waals surface area contributed by atoms with Crippen LogP contribution in [0.3, 0.4) is 0 Å². The number of hydrogen-bond acceptors (Lipinski definition) is 3. The summed E-state index contributed by atoms with van der Waals surface area (Å²) in [4.78, 5) is 32.3. The summed E-state index contributed by atoms with van der Waals surface area (Å²) in [5.41, 5.74) is -0.422. The lowest BCUT2D eigenvalue weighted by molar-refractivity contribution is -0.131. The van der Waals surface area contributed by atoms with Gasteiger partial charge in [-0.05, 0) is 0 Å². The van der Waals surface area contributed by atoms with E-state index in [4.69, 9.17) is 5.11 Å². The highest BCUT2D eigenvalue weighted by molar-refractivity contribution is 6.06. The van der Waals surface area contributed by atoms with Crippen LogP contribution in [0.15, 0.2) is 24.3 Å². The van der Waals surface area contributed by atoms with Crippen LogP contribution in [-0.2, 0) is 9.59 Å². The molecule has 0 aliphatic rings. The summed E-state index contributed by atoms with van der Waals surface area (Å²) in [6, 6.07) is -0.152. The number of carbonyl (C=O) groups excluding carboxylic acids is 2. The van der Waals surface area contributed by atoms with E-state index in [0.717, 1.165) is 0 Å². The molecule has 0 atom stereocenters. The SMILES string of the molecule is O=C(O)C=CC(=O)NC(=O)Nc1cc(F)c(F)c(F)c1. The molecular formula is C11H7F3N2O4. The third kappa shape index (κ3) is 4.44. The maximum Gasteiger partial charge on any atom is 0.328 e. The van der Waals surface area contributed by atoms with Crippen LogP contribution < -0.4 is 10.6 Å². The zero-order chi connectivity index (χ0) is 15.3. The van der Waals surface area contributed by atoms with E-state index in [9.17, 15) is 27.6 Å². The summed E-state index contributed by atoms with van der Waals surface area (Å²) < 4.78 is 38.3. The van der Waals surface area contributed by atoms with Gasteiger partial charge in [0.25, 0.3) is 5.91 Å². The second-order valence-electron chi connectivity index (χ2n) is 3.37. The van der Waals surface area contributed by atoms with Gasteiger partial charge in [0.15, 0.2) is 17.5 Å². The van der Waals surface area contributed by atoms with Crippen LogP contribution in [-0.4, -0.2) is 23.0 Å². The van der Waals surface area contributed by atoms with Crippen molar-refractivity contribution in [2.24, 2.45) is 0 Å². The summed E-state index contributed by atoms with van der Waals surface area (Å²) >= 11 is 0. The van der Waals surface area contributed by atoms with Crippen molar-refractivity contribution >= 4 is 23.6 Å². The molecule has 3 amide bonds. The van der Waals surface area contributed by atoms with E-state index in [0.29, 0.717) is 24.3 Å². The van der Waals surface area contributed by atoms with Gasteiger partial charge >= 0.3 is 12.0 Å². The van der Waals surface area contributed by atoms with Gasteiger partial charge in [-0.3, -0.25) is 10.1 Å². The minimum atomic E-state index is -1.70. The molecule has 1 rings (SSSR count). The van der Waals surface area contributed by atoms with Crippen LogP contribution >= 0.6 is 0 Å². The van der Waals surface area contributed by atoms with Crippen LogP contribution in [0.1, 0.15) is 0 Å². The fraction of sp³-hybridized carbons (Fsp3) is 0. The molecule has 0 aliphatic carbocycles. The van der Waals surface area contributed by atoms with Gasteiger partial charge in [-0.25, -0.2) is 22.8 Å². The average molecular weight is 288 g/mol. The number of carbonyl (C=O) groups is 3. The number of nitrogens with one attached hydrogen (secondary N) is 2. The third-order valence-corrected chi connectivity index (χ3v) is 1.86. The van der Waals surface area contributed by atoms with Crippen molar-refractivity contribution in [2.75, 3.05) is 5.32 Å². The van der Waals surface area contributed by atoms with Gasteiger partial charge in [0.05, 0.1) is 0 Å². The van der Waals surface area contributed by atoms with E-state index in [1.807, 2.05) is 5.32 Å². The van der Waals surface area contributed by atoms with Crippen LogP contribution in [0.2, 0.25) is 0 Å². The Morgan fingerprint density at radius 3 is 2.10 bits per heavy atom. The lowest BCUT2D eigenvalue weighted by atomic mass is 10.3. The van der Waals surface area contributed by atoms with E-state index in [1.54, 1.807) is 5.32 Å². The highest BCUT2D eigenvalue weighted by Gasteiger charge is 2.12. The summed E-state index contributed by atoms with van der Waals surface area (Å²) in [6.45, 7) is 0. The number of anilines is 1. The van der Waals surface area contributed by atoms with E-state index in [-0.39, 0.29) is 0 Å². The fourth-order valence-corrected chi connectivity index (χ4v) is 1.09. The second kappa shape index (κ2) is 6.36. The Kier molecular flexibility index (Phi) is 4.84. The van der Waals surface area contributed by atoms with Crippen LogP contribution in [0, 0.1) is 17.5 Å². The third-order valence-electron chi connectivity index (χ3n) is 1.86. The maximum absolute atomic E-state index is 12.8. The molecule has 0 radical (unpaired) electrons. The Morgan fingerprint density at radius 1 is 1.05 bits per heavy atom. The number of benzene rings is 1. The summed E-state index contributed by atoms with van der Waals surface area (Å²) in [5, 5.41) is 11.8. The molecule has 0 heterocycles. The van der Waals surface area contributed by atoms with Gasteiger partial charge in [-0.15, -0.1) is 0 Å². The molecule has 0 aromatic heterocycles. The number of hydrogen-bond donors (Lipinski definition) is 3. The minimum absolute atomic E-state index is 0.422. The van der Waals surface area contributed by atoms with Crippen LogP contribution in [0.4, 0.5) is 23.7 Å². The average Bonchev–Trinajstić information content (AvgIpc) is 2.33. The molecular weight excluding hydrogens is 281 g/mol. The van der Waals surface area contributed by atoms with Crippen LogP contribution in [0.25, 0.3) is 0 Å². The number of urea groups is 1. The smallest absolute Gasteiger partial charge is 0.328 e. The van der Waals surface area contributed by atoms with Gasteiger partial charge in [-0.1, -0.05) is 0 Å². The number of imide groups is 1. The first-order valence-corrected chi connectivity index (χ1v) is 4.97. The van der Waals surface area contributed by atoms with Crippen molar-refractivity contribution < 1.29 is 32.7 Å². The van der Waals surface area contributed by atoms with Crippen molar-refractivity contribution in [3.05, 3.63) is 41.7 Å². The first-order valence-electron chi connectivity index (χ1n) is 4.97. The van der Waals surface area contributed by atoms with Gasteiger partial charge < -0.3 is 10.4 Å². The topological polar surface area (TPSA) is 95.5 Å². The van der Waals surface area contributed by atoms with Crippen molar-refractivity contribution in [1.82, 2.24) is 5.32 Å². The molecule has 0 fully saturated rings. The molecule has 0 saturated carbocycles. The largest absolute Gasteiger partial charge is 0.478 e. The predicted octanol–water partition coefficient (Wildman–Crippen LogP) is 1.39. The van der Waals surface area contributed by atoms with Gasteiger partial charge in [0, 0.05) is 30.0 Å². The second-order valence-corrected chi connectivity index (χ2v) is 3.37. The van der Waals surface area contributed by atoms with Crippen molar-refractivity contribution in [1.29, 1.82) is 0 Å². The molecule has 6 nitrogen and oxygen atoms in total. The quantitative estimate of drug-likeness (QED) is 0.578. The number of carboxylic acid groups (broad SMARTS) is 1. The molecule has 0 spiro atoms. The standard InChI is InChI=1S/C11H7F3N2O4/c12-6-3-5(4-7(13)10(6)14)15-11(20)16-8(17)1-2-9(18)19/h1-4H,(H,18,19)(H2,15,16,17,20). The van der Waals surface area contributed by atoms with Gasteiger partial charge in [-0.2, -0.15) is 0 Å². The monoisotopic (exact) mass is 288 g/mol. The first-order chi connectivity index (χ1) is 9.29. The summed E-state index contributed by atoms with van der Waals surface area (Å²) in [6.07, 6.45) is 1.05. The van der Waals surface area contributed by atoms with Crippen molar-refractivity contribution in [3.63, 3.8) is 0 Å². The zero-order valence-electron chi connectivity index (χ0n) is 9.62. The Hall–Kier alpha value is -2.84. The maximum atomic E-state index is 12.8. The lowest BCUT2D eigenvalue weighted by Gasteiger charge is -2.06. The fourth-order valence-electron chi connectivity index (χ4n) is 1.09. The highest BCUT2D eigenvalue weighted by atomic mass is 19.2. The molecule has 106 valence electrons. The number of rotatable bonds is 3.